The summed E-state index contributed by atoms with van der Waals surface area (Å²) in [5.41, 5.74) is 1.30. The highest BCUT2D eigenvalue weighted by Gasteiger charge is 2.30. The summed E-state index contributed by atoms with van der Waals surface area (Å²) in [5.74, 6) is 0.895. The number of rotatable bonds is 5. The number of hydrazone groups is 1. The summed E-state index contributed by atoms with van der Waals surface area (Å²) >= 11 is 0. The van der Waals surface area contributed by atoms with Gasteiger partial charge in [-0.2, -0.15) is 13.5 Å². The van der Waals surface area contributed by atoms with Crippen LogP contribution in [0.25, 0.3) is 0 Å². The maximum Gasteiger partial charge on any atom is 0.285 e. The number of hydrogen-bond donors (Lipinski definition) is 1. The van der Waals surface area contributed by atoms with E-state index in [0.29, 0.717) is 11.3 Å². The Hall–Kier alpha value is -2.71. The van der Waals surface area contributed by atoms with Gasteiger partial charge in [-0.25, -0.2) is 5.01 Å². The lowest BCUT2D eigenvalue weighted by molar-refractivity contribution is 0.201. The van der Waals surface area contributed by atoms with Gasteiger partial charge in [0, 0.05) is 12.6 Å². The molecule has 1 heterocycles. The van der Waals surface area contributed by atoms with Crippen LogP contribution in [0.2, 0.25) is 0 Å². The lowest BCUT2D eigenvalue weighted by atomic mass is 10.2. The van der Waals surface area contributed by atoms with Crippen LogP contribution in [-0.4, -0.2) is 50.8 Å². The Bertz CT molecular complexity index is 938. The monoisotopic (exact) mass is 359 g/mol. The molecule has 1 aliphatic rings. The molecule has 0 atom stereocenters. The van der Waals surface area contributed by atoms with E-state index in [2.05, 4.69) is 9.50 Å². The SMILES string of the molecule is CN(/N=C/c1cccc(OCCO)c1)C1=NS(=O)(=O)c2ccccc21. The third-order valence-corrected chi connectivity index (χ3v) is 4.84. The fourth-order valence-electron chi connectivity index (χ4n) is 2.38. The van der Waals surface area contributed by atoms with Crippen molar-refractivity contribution in [2.75, 3.05) is 20.3 Å². The number of nitrogens with zero attached hydrogens (tertiary/aromatic N) is 3. The number of sulfonamides is 1. The summed E-state index contributed by atoms with van der Waals surface area (Å²) in [7, 11) is -2.03. The predicted molar refractivity (Wildman–Crippen MR) is 94.5 cm³/mol. The molecule has 0 aliphatic carbocycles. The standard InChI is InChI=1S/C17H17N3O4S/c1-20(17-15-7-2-3-8-16(15)25(22,23)19-17)18-12-13-5-4-6-14(11-13)24-10-9-21/h2-8,11-12,21H,9-10H2,1H3/b18-12+. The van der Waals surface area contributed by atoms with Crippen molar-refractivity contribution in [2.24, 2.45) is 9.50 Å². The van der Waals surface area contributed by atoms with Gasteiger partial charge in [0.15, 0.2) is 5.84 Å². The maximum atomic E-state index is 12.1. The largest absolute Gasteiger partial charge is 0.491 e. The van der Waals surface area contributed by atoms with E-state index in [1.165, 1.54) is 11.1 Å². The van der Waals surface area contributed by atoms with Gasteiger partial charge in [0.05, 0.1) is 12.8 Å². The van der Waals surface area contributed by atoms with Crippen LogP contribution >= 0.6 is 0 Å². The Balaban J connectivity index is 1.81. The second kappa shape index (κ2) is 7.04. The van der Waals surface area contributed by atoms with Gasteiger partial charge in [-0.1, -0.05) is 24.3 Å². The molecule has 1 N–H and O–H groups in total. The predicted octanol–water partition coefficient (Wildman–Crippen LogP) is 1.47. The van der Waals surface area contributed by atoms with E-state index in [9.17, 15) is 8.42 Å². The molecule has 0 saturated heterocycles. The molecular weight excluding hydrogens is 342 g/mol. The minimum atomic E-state index is -3.67. The summed E-state index contributed by atoms with van der Waals surface area (Å²) in [4.78, 5) is 0.187. The van der Waals surface area contributed by atoms with Crippen molar-refractivity contribution in [3.63, 3.8) is 0 Å². The molecule has 8 heteroatoms. The molecule has 0 amide bonds. The van der Waals surface area contributed by atoms with E-state index >= 15 is 0 Å². The van der Waals surface area contributed by atoms with Gasteiger partial charge in [0.2, 0.25) is 0 Å². The minimum Gasteiger partial charge on any atom is -0.491 e. The average molecular weight is 359 g/mol. The molecule has 0 spiro atoms. The lowest BCUT2D eigenvalue weighted by Gasteiger charge is -2.12. The summed E-state index contributed by atoms with van der Waals surface area (Å²) in [6, 6.07) is 13.8. The maximum absolute atomic E-state index is 12.1. The fraction of sp³-hybridized carbons (Fsp3) is 0.176. The Labute approximate surface area is 145 Å². The highest BCUT2D eigenvalue weighted by molar-refractivity contribution is 7.90. The second-order valence-corrected chi connectivity index (χ2v) is 6.87. The van der Waals surface area contributed by atoms with Crippen LogP contribution in [0, 0.1) is 0 Å². The Kier molecular flexibility index (Phi) is 4.82. The number of hydrogen-bond acceptors (Lipinski definition) is 6. The first-order valence-electron chi connectivity index (χ1n) is 7.57. The highest BCUT2D eigenvalue weighted by Crippen LogP contribution is 2.27. The minimum absolute atomic E-state index is 0.0608. The van der Waals surface area contributed by atoms with Crippen LogP contribution in [-0.2, 0) is 10.0 Å². The van der Waals surface area contributed by atoms with E-state index in [4.69, 9.17) is 9.84 Å². The molecule has 25 heavy (non-hydrogen) atoms. The first kappa shape index (κ1) is 17.1. The molecule has 3 rings (SSSR count). The van der Waals surface area contributed by atoms with Crippen molar-refractivity contribution in [3.8, 4) is 5.75 Å². The van der Waals surface area contributed by atoms with Gasteiger partial charge in [-0.3, -0.25) is 0 Å². The molecule has 2 aromatic carbocycles. The summed E-state index contributed by atoms with van der Waals surface area (Å²) in [6.07, 6.45) is 1.59. The molecule has 130 valence electrons. The number of benzene rings is 2. The fourth-order valence-corrected chi connectivity index (χ4v) is 3.61. The zero-order chi connectivity index (χ0) is 17.9. The van der Waals surface area contributed by atoms with E-state index in [1.807, 2.05) is 6.07 Å². The highest BCUT2D eigenvalue weighted by atomic mass is 32.2. The average Bonchev–Trinajstić information content (AvgIpc) is 2.90. The molecule has 0 fully saturated rings. The molecule has 2 aromatic rings. The Morgan fingerprint density at radius 1 is 1.24 bits per heavy atom. The Morgan fingerprint density at radius 3 is 2.84 bits per heavy atom. The molecule has 0 unspecified atom stereocenters. The molecule has 0 bridgehead atoms. The van der Waals surface area contributed by atoms with Gasteiger partial charge in [-0.15, -0.1) is 4.40 Å². The van der Waals surface area contributed by atoms with Gasteiger partial charge >= 0.3 is 0 Å². The number of aliphatic hydroxyl groups excluding tert-OH is 1. The summed E-state index contributed by atoms with van der Waals surface area (Å²) < 4.78 is 33.3. The van der Waals surface area contributed by atoms with Gasteiger partial charge in [0.1, 0.15) is 17.3 Å². The van der Waals surface area contributed by atoms with Crippen LogP contribution in [0.15, 0.2) is 62.9 Å². The van der Waals surface area contributed by atoms with Crippen LogP contribution in [0.3, 0.4) is 0 Å². The van der Waals surface area contributed by atoms with Crippen molar-refractivity contribution >= 4 is 22.1 Å². The molecule has 0 aromatic heterocycles. The number of aliphatic hydroxyl groups is 1. The second-order valence-electron chi connectivity index (χ2n) is 5.30. The number of amidine groups is 1. The van der Waals surface area contributed by atoms with Crippen molar-refractivity contribution < 1.29 is 18.3 Å². The van der Waals surface area contributed by atoms with E-state index in [0.717, 1.165) is 5.56 Å². The van der Waals surface area contributed by atoms with E-state index in [-0.39, 0.29) is 23.9 Å². The number of ether oxygens (including phenoxy) is 1. The molecule has 1 aliphatic heterocycles. The molecule has 7 nitrogen and oxygen atoms in total. The van der Waals surface area contributed by atoms with Crippen molar-refractivity contribution in [1.82, 2.24) is 5.01 Å². The summed E-state index contributed by atoms with van der Waals surface area (Å²) in [5, 5.41) is 14.5. The topological polar surface area (TPSA) is 91.6 Å². The van der Waals surface area contributed by atoms with Gasteiger partial charge in [0.25, 0.3) is 10.0 Å². The van der Waals surface area contributed by atoms with Gasteiger partial charge < -0.3 is 9.84 Å². The Morgan fingerprint density at radius 2 is 2.04 bits per heavy atom. The quantitative estimate of drug-likeness (QED) is 0.645. The molecular formula is C17H17N3O4S. The first-order valence-corrected chi connectivity index (χ1v) is 9.01. The normalized spacial score (nSPS) is 15.0. The first-order chi connectivity index (χ1) is 12.0. The van der Waals surface area contributed by atoms with Crippen LogP contribution in [0.1, 0.15) is 11.1 Å². The molecule has 0 saturated carbocycles. The lowest BCUT2D eigenvalue weighted by Crippen LogP contribution is -2.21. The van der Waals surface area contributed by atoms with Crippen molar-refractivity contribution in [3.05, 3.63) is 59.7 Å². The van der Waals surface area contributed by atoms with Crippen molar-refractivity contribution in [2.45, 2.75) is 4.90 Å². The van der Waals surface area contributed by atoms with E-state index < -0.39 is 10.0 Å². The van der Waals surface area contributed by atoms with Gasteiger partial charge in [-0.05, 0) is 29.8 Å². The van der Waals surface area contributed by atoms with E-state index in [1.54, 1.807) is 49.7 Å². The summed E-state index contributed by atoms with van der Waals surface area (Å²) in [6.45, 7) is 0.153. The smallest absolute Gasteiger partial charge is 0.285 e. The van der Waals surface area contributed by atoms with Crippen molar-refractivity contribution in [1.29, 1.82) is 0 Å². The third kappa shape index (κ3) is 3.70. The zero-order valence-electron chi connectivity index (χ0n) is 13.5. The number of fused-ring (bicyclic) bond motifs is 1. The third-order valence-electron chi connectivity index (χ3n) is 3.52. The zero-order valence-corrected chi connectivity index (χ0v) is 14.3. The van der Waals surface area contributed by atoms with Crippen LogP contribution in [0.4, 0.5) is 0 Å². The van der Waals surface area contributed by atoms with Crippen LogP contribution < -0.4 is 4.74 Å². The van der Waals surface area contributed by atoms with Crippen LogP contribution in [0.5, 0.6) is 5.75 Å². The molecule has 0 radical (unpaired) electrons.